The average Bonchev–Trinajstić information content (AvgIpc) is 3.09. The smallest absolute Gasteiger partial charge is 0.266 e. The molecule has 0 radical (unpaired) electrons. The quantitative estimate of drug-likeness (QED) is 0.741. The van der Waals surface area contributed by atoms with Crippen molar-refractivity contribution in [2.75, 3.05) is 0 Å². The van der Waals surface area contributed by atoms with Crippen molar-refractivity contribution < 1.29 is 0 Å². The van der Waals surface area contributed by atoms with Crippen molar-refractivity contribution in [3.8, 4) is 5.69 Å². The first kappa shape index (κ1) is 12.6. The topological polar surface area (TPSA) is 52.7 Å². The molecule has 0 spiro atoms. The number of hydrogen-bond acceptors (Lipinski definition) is 4. The van der Waals surface area contributed by atoms with Gasteiger partial charge in [0, 0.05) is 35.8 Å². The molecule has 0 aliphatic rings. The molecule has 0 bridgehead atoms. The zero-order valence-electron chi connectivity index (χ0n) is 10.8. The minimum Gasteiger partial charge on any atom is -0.305 e. The van der Waals surface area contributed by atoms with Crippen molar-refractivity contribution >= 4 is 23.5 Å². The summed E-state index contributed by atoms with van der Waals surface area (Å²) in [6.45, 7) is 0. The lowest BCUT2D eigenvalue weighted by Crippen LogP contribution is -2.18. The summed E-state index contributed by atoms with van der Waals surface area (Å²) in [7, 11) is 1.64. The summed E-state index contributed by atoms with van der Waals surface area (Å²) in [5.74, 6) is 0. The highest BCUT2D eigenvalue weighted by Crippen LogP contribution is 2.20. The summed E-state index contributed by atoms with van der Waals surface area (Å²) in [5, 5.41) is 6.22. The molecular weight excluding hydrogens is 272 g/mol. The van der Waals surface area contributed by atoms with Crippen LogP contribution in [0.5, 0.6) is 0 Å². The molecule has 0 fully saturated rings. The third-order valence-corrected chi connectivity index (χ3v) is 3.69. The van der Waals surface area contributed by atoms with Crippen LogP contribution in [0.2, 0.25) is 0 Å². The number of aromatic nitrogens is 4. The Balaban J connectivity index is 1.82. The summed E-state index contributed by atoms with van der Waals surface area (Å²) in [6, 6.07) is 5.30. The molecule has 0 amide bonds. The highest BCUT2D eigenvalue weighted by molar-refractivity contribution is 7.11. The second-order valence-electron chi connectivity index (χ2n) is 4.23. The molecule has 5 nitrogen and oxygen atoms in total. The number of thiophene rings is 1. The van der Waals surface area contributed by atoms with Crippen molar-refractivity contribution in [3.05, 3.63) is 63.2 Å². The molecule has 0 saturated heterocycles. The van der Waals surface area contributed by atoms with E-state index in [2.05, 4.69) is 21.5 Å². The van der Waals surface area contributed by atoms with Gasteiger partial charge in [0.2, 0.25) is 0 Å². The van der Waals surface area contributed by atoms with Gasteiger partial charge in [0.15, 0.2) is 0 Å². The summed E-state index contributed by atoms with van der Waals surface area (Å²) in [6.07, 6.45) is 9.30. The average molecular weight is 284 g/mol. The Labute approximate surface area is 119 Å². The van der Waals surface area contributed by atoms with E-state index < -0.39 is 0 Å². The summed E-state index contributed by atoms with van der Waals surface area (Å²) in [5.41, 5.74) is 1.73. The van der Waals surface area contributed by atoms with Crippen LogP contribution in [-0.4, -0.2) is 19.3 Å². The zero-order valence-corrected chi connectivity index (χ0v) is 11.6. The van der Waals surface area contributed by atoms with Crippen molar-refractivity contribution in [2.45, 2.75) is 0 Å². The van der Waals surface area contributed by atoms with Crippen LogP contribution >= 0.6 is 11.3 Å². The lowest BCUT2D eigenvalue weighted by Gasteiger charge is -1.96. The number of aryl methyl sites for hydroxylation is 1. The molecular formula is C14H12N4OS. The van der Waals surface area contributed by atoms with Gasteiger partial charge in [-0.3, -0.25) is 4.79 Å². The minimum atomic E-state index is -0.110. The first-order valence-electron chi connectivity index (χ1n) is 6.02. The Morgan fingerprint density at radius 2 is 2.20 bits per heavy atom. The van der Waals surface area contributed by atoms with Crippen LogP contribution < -0.4 is 5.56 Å². The molecule has 0 unspecified atom stereocenters. The number of hydrogen-bond donors (Lipinski definition) is 0. The van der Waals surface area contributed by atoms with E-state index in [1.807, 2.05) is 22.9 Å². The molecule has 20 heavy (non-hydrogen) atoms. The Hall–Kier alpha value is -2.47. The van der Waals surface area contributed by atoms with Gasteiger partial charge in [-0.05, 0) is 24.3 Å². The van der Waals surface area contributed by atoms with Crippen LogP contribution in [0.1, 0.15) is 10.6 Å². The molecule has 0 aliphatic carbocycles. The van der Waals surface area contributed by atoms with Crippen molar-refractivity contribution in [2.24, 2.45) is 7.05 Å². The SMILES string of the molecule is Cn1nc(/C=C/c2cc(-n3ccnc3)cs2)ccc1=O. The van der Waals surface area contributed by atoms with E-state index in [0.717, 1.165) is 16.3 Å². The third kappa shape index (κ3) is 2.60. The standard InChI is InChI=1S/C14H12N4OS/c1-17-14(19)5-3-11(16-17)2-4-13-8-12(9-20-13)18-7-6-15-10-18/h2-10H,1H3/b4-2+. The molecule has 3 aromatic heterocycles. The normalized spacial score (nSPS) is 11.2. The van der Waals surface area contributed by atoms with Crippen molar-refractivity contribution in [1.82, 2.24) is 19.3 Å². The number of imidazole rings is 1. The lowest BCUT2D eigenvalue weighted by atomic mass is 10.3. The fourth-order valence-electron chi connectivity index (χ4n) is 1.75. The van der Waals surface area contributed by atoms with E-state index in [9.17, 15) is 4.79 Å². The first-order chi connectivity index (χ1) is 9.72. The highest BCUT2D eigenvalue weighted by atomic mass is 32.1. The predicted molar refractivity (Wildman–Crippen MR) is 79.8 cm³/mol. The maximum absolute atomic E-state index is 11.2. The van der Waals surface area contributed by atoms with Gasteiger partial charge in [0.05, 0.1) is 17.7 Å². The molecule has 0 N–H and O–H groups in total. The van der Waals surface area contributed by atoms with Gasteiger partial charge < -0.3 is 4.57 Å². The fourth-order valence-corrected chi connectivity index (χ4v) is 2.54. The Morgan fingerprint density at radius 1 is 1.30 bits per heavy atom. The summed E-state index contributed by atoms with van der Waals surface area (Å²) in [4.78, 5) is 16.4. The Bertz CT molecular complexity index is 799. The molecule has 0 aromatic carbocycles. The number of rotatable bonds is 3. The zero-order chi connectivity index (χ0) is 13.9. The maximum Gasteiger partial charge on any atom is 0.266 e. The first-order valence-corrected chi connectivity index (χ1v) is 6.90. The summed E-state index contributed by atoms with van der Waals surface area (Å²) >= 11 is 1.64. The van der Waals surface area contributed by atoms with Crippen LogP contribution in [-0.2, 0) is 7.05 Å². The van der Waals surface area contributed by atoms with Gasteiger partial charge in [0.1, 0.15) is 0 Å². The van der Waals surface area contributed by atoms with Crippen LogP contribution in [0.3, 0.4) is 0 Å². The van der Waals surface area contributed by atoms with Gasteiger partial charge in [-0.2, -0.15) is 5.10 Å². The van der Waals surface area contributed by atoms with E-state index >= 15 is 0 Å². The van der Waals surface area contributed by atoms with E-state index in [-0.39, 0.29) is 5.56 Å². The number of nitrogens with zero attached hydrogens (tertiary/aromatic N) is 4. The Morgan fingerprint density at radius 3 is 2.95 bits per heavy atom. The van der Waals surface area contributed by atoms with Crippen molar-refractivity contribution in [3.63, 3.8) is 0 Å². The fraction of sp³-hybridized carbons (Fsp3) is 0.0714. The monoisotopic (exact) mass is 284 g/mol. The maximum atomic E-state index is 11.2. The second-order valence-corrected chi connectivity index (χ2v) is 5.17. The van der Waals surface area contributed by atoms with Gasteiger partial charge in [-0.1, -0.05) is 0 Å². The second kappa shape index (κ2) is 5.26. The molecule has 3 aromatic rings. The van der Waals surface area contributed by atoms with Crippen LogP contribution in [0.4, 0.5) is 0 Å². The van der Waals surface area contributed by atoms with Gasteiger partial charge in [-0.25, -0.2) is 9.67 Å². The van der Waals surface area contributed by atoms with Gasteiger partial charge in [0.25, 0.3) is 5.56 Å². The van der Waals surface area contributed by atoms with Crippen LogP contribution in [0.25, 0.3) is 17.8 Å². The largest absolute Gasteiger partial charge is 0.305 e. The van der Waals surface area contributed by atoms with Gasteiger partial charge >= 0.3 is 0 Å². The third-order valence-electron chi connectivity index (χ3n) is 2.81. The predicted octanol–water partition coefficient (Wildman–Crippen LogP) is 2.20. The van der Waals surface area contributed by atoms with Crippen LogP contribution in [0, 0.1) is 0 Å². The summed E-state index contributed by atoms with van der Waals surface area (Å²) < 4.78 is 3.28. The highest BCUT2D eigenvalue weighted by Gasteiger charge is 1.99. The minimum absolute atomic E-state index is 0.110. The molecule has 6 heteroatoms. The molecule has 100 valence electrons. The molecule has 3 heterocycles. The van der Waals surface area contributed by atoms with Gasteiger partial charge in [-0.15, -0.1) is 11.3 Å². The molecule has 0 aliphatic heterocycles. The van der Waals surface area contributed by atoms with Crippen molar-refractivity contribution in [1.29, 1.82) is 0 Å². The Kier molecular flexibility index (Phi) is 3.30. The van der Waals surface area contributed by atoms with E-state index in [0.29, 0.717) is 0 Å². The molecule has 3 rings (SSSR count). The van der Waals surface area contributed by atoms with E-state index in [4.69, 9.17) is 0 Å². The van der Waals surface area contributed by atoms with Crippen LogP contribution in [0.15, 0.2) is 47.1 Å². The van der Waals surface area contributed by atoms with E-state index in [1.54, 1.807) is 37.0 Å². The molecule has 0 atom stereocenters. The lowest BCUT2D eigenvalue weighted by molar-refractivity contribution is 0.703. The molecule has 0 saturated carbocycles. The van der Waals surface area contributed by atoms with E-state index in [1.165, 1.54) is 10.7 Å².